The second-order valence-corrected chi connectivity index (χ2v) is 8.01. The van der Waals surface area contributed by atoms with Crippen molar-refractivity contribution in [2.45, 2.75) is 18.5 Å². The Kier molecular flexibility index (Phi) is 6.87. The van der Waals surface area contributed by atoms with E-state index in [-0.39, 0.29) is 11.7 Å². The first-order valence-corrected chi connectivity index (χ1v) is 11.3. The molecule has 0 spiro atoms. The molecule has 0 atom stereocenters. The molecule has 0 saturated carbocycles. The lowest BCUT2D eigenvalue weighted by molar-refractivity contribution is -0.113. The summed E-state index contributed by atoms with van der Waals surface area (Å²) in [7, 11) is 1.58. The average Bonchev–Trinajstić information content (AvgIpc) is 3.27. The quantitative estimate of drug-likeness (QED) is 0.377. The van der Waals surface area contributed by atoms with Crippen LogP contribution in [0.2, 0.25) is 0 Å². The molecule has 7 heteroatoms. The van der Waals surface area contributed by atoms with Gasteiger partial charge in [-0.05, 0) is 36.2 Å². The topological polar surface area (TPSA) is 69.0 Å². The van der Waals surface area contributed by atoms with Crippen molar-refractivity contribution < 1.29 is 9.53 Å². The van der Waals surface area contributed by atoms with Gasteiger partial charge in [0.25, 0.3) is 0 Å². The average molecular weight is 445 g/mol. The molecule has 1 amide bonds. The number of aromatic nitrogens is 3. The third-order valence-electron chi connectivity index (χ3n) is 4.98. The monoisotopic (exact) mass is 444 g/mol. The summed E-state index contributed by atoms with van der Waals surface area (Å²) >= 11 is 1.34. The molecule has 0 radical (unpaired) electrons. The largest absolute Gasteiger partial charge is 0.495 e. The Hall–Kier alpha value is -3.58. The van der Waals surface area contributed by atoms with Crippen LogP contribution in [-0.2, 0) is 11.2 Å². The lowest BCUT2D eigenvalue weighted by atomic mass is 10.1. The third kappa shape index (κ3) is 4.84. The zero-order valence-corrected chi connectivity index (χ0v) is 18.8. The molecule has 0 aliphatic heterocycles. The number of hydrogen-bond donors (Lipinski definition) is 1. The summed E-state index contributed by atoms with van der Waals surface area (Å²) in [5.41, 5.74) is 3.82. The number of amides is 1. The highest BCUT2D eigenvalue weighted by Gasteiger charge is 2.17. The fourth-order valence-corrected chi connectivity index (χ4v) is 4.07. The number of aryl methyl sites for hydroxylation is 1. The standard InChI is InChI=1S/C25H24N4O2S/c1-3-18-13-15-20(16-14-18)29-24(19-9-5-4-6-10-19)27-28-25(29)32-17-23(30)26-21-11-7-8-12-22(21)31-2/h4-16H,3,17H2,1-2H3,(H,26,30). The predicted octanol–water partition coefficient (Wildman–Crippen LogP) is 5.24. The van der Waals surface area contributed by atoms with Crippen LogP contribution in [0.15, 0.2) is 84.0 Å². The first kappa shape index (κ1) is 21.6. The molecular formula is C25H24N4O2S. The summed E-state index contributed by atoms with van der Waals surface area (Å²) in [4.78, 5) is 12.6. The van der Waals surface area contributed by atoms with Gasteiger partial charge in [0, 0.05) is 11.3 Å². The molecule has 4 aromatic rings. The van der Waals surface area contributed by atoms with E-state index >= 15 is 0 Å². The number of para-hydroxylation sites is 2. The Balaban J connectivity index is 1.59. The van der Waals surface area contributed by atoms with Crippen LogP contribution in [0.4, 0.5) is 5.69 Å². The smallest absolute Gasteiger partial charge is 0.234 e. The van der Waals surface area contributed by atoms with Crippen LogP contribution in [0.5, 0.6) is 5.75 Å². The fraction of sp³-hybridized carbons (Fsp3) is 0.160. The number of carbonyl (C=O) groups is 1. The Morgan fingerprint density at radius 3 is 2.41 bits per heavy atom. The molecule has 32 heavy (non-hydrogen) atoms. The molecule has 0 aliphatic carbocycles. The first-order chi connectivity index (χ1) is 15.7. The molecule has 0 unspecified atom stereocenters. The van der Waals surface area contributed by atoms with Gasteiger partial charge < -0.3 is 10.1 Å². The van der Waals surface area contributed by atoms with Gasteiger partial charge in [0.15, 0.2) is 11.0 Å². The zero-order chi connectivity index (χ0) is 22.3. The van der Waals surface area contributed by atoms with E-state index in [0.29, 0.717) is 16.6 Å². The van der Waals surface area contributed by atoms with Crippen LogP contribution in [-0.4, -0.2) is 33.5 Å². The first-order valence-electron chi connectivity index (χ1n) is 10.4. The summed E-state index contributed by atoms with van der Waals surface area (Å²) in [6, 6.07) is 25.6. The van der Waals surface area contributed by atoms with Gasteiger partial charge >= 0.3 is 0 Å². The molecule has 0 bridgehead atoms. The van der Waals surface area contributed by atoms with Crippen molar-refractivity contribution in [2.75, 3.05) is 18.2 Å². The van der Waals surface area contributed by atoms with Gasteiger partial charge in [-0.2, -0.15) is 0 Å². The van der Waals surface area contributed by atoms with Crippen LogP contribution < -0.4 is 10.1 Å². The third-order valence-corrected chi connectivity index (χ3v) is 5.91. The van der Waals surface area contributed by atoms with E-state index < -0.39 is 0 Å². The lowest BCUT2D eigenvalue weighted by Gasteiger charge is -2.12. The highest BCUT2D eigenvalue weighted by molar-refractivity contribution is 7.99. The molecule has 1 N–H and O–H groups in total. The second kappa shape index (κ2) is 10.2. The van der Waals surface area contributed by atoms with Crippen molar-refractivity contribution in [1.29, 1.82) is 0 Å². The van der Waals surface area contributed by atoms with E-state index in [9.17, 15) is 4.79 Å². The van der Waals surface area contributed by atoms with Crippen LogP contribution in [0, 0.1) is 0 Å². The van der Waals surface area contributed by atoms with E-state index in [1.165, 1.54) is 17.3 Å². The van der Waals surface area contributed by atoms with Gasteiger partial charge in [-0.3, -0.25) is 9.36 Å². The van der Waals surface area contributed by atoms with Gasteiger partial charge in [-0.25, -0.2) is 0 Å². The van der Waals surface area contributed by atoms with E-state index in [1.807, 2.05) is 59.2 Å². The number of benzene rings is 3. The van der Waals surface area contributed by atoms with Crippen molar-refractivity contribution in [1.82, 2.24) is 14.8 Å². The number of carbonyl (C=O) groups excluding carboxylic acids is 1. The number of hydrogen-bond acceptors (Lipinski definition) is 5. The van der Waals surface area contributed by atoms with E-state index in [4.69, 9.17) is 4.74 Å². The van der Waals surface area contributed by atoms with E-state index in [1.54, 1.807) is 7.11 Å². The summed E-state index contributed by atoms with van der Waals surface area (Å²) in [6.45, 7) is 2.13. The summed E-state index contributed by atoms with van der Waals surface area (Å²) in [5.74, 6) is 1.41. The maximum Gasteiger partial charge on any atom is 0.234 e. The van der Waals surface area contributed by atoms with Gasteiger partial charge in [0.1, 0.15) is 5.75 Å². The maximum atomic E-state index is 12.6. The molecular weight excluding hydrogens is 420 g/mol. The number of ether oxygens (including phenoxy) is 1. The van der Waals surface area contributed by atoms with E-state index in [2.05, 4.69) is 46.7 Å². The maximum absolute atomic E-state index is 12.6. The normalized spacial score (nSPS) is 10.7. The number of nitrogens with zero attached hydrogens (tertiary/aromatic N) is 3. The molecule has 0 fully saturated rings. The Bertz CT molecular complexity index is 1190. The van der Waals surface area contributed by atoms with Crippen molar-refractivity contribution >= 4 is 23.4 Å². The van der Waals surface area contributed by atoms with Crippen LogP contribution in [0.25, 0.3) is 17.1 Å². The minimum Gasteiger partial charge on any atom is -0.495 e. The minimum absolute atomic E-state index is 0.142. The summed E-state index contributed by atoms with van der Waals surface area (Å²) < 4.78 is 7.30. The molecule has 0 saturated heterocycles. The fourth-order valence-electron chi connectivity index (χ4n) is 3.32. The lowest BCUT2D eigenvalue weighted by Crippen LogP contribution is -2.15. The molecule has 162 valence electrons. The number of anilines is 1. The van der Waals surface area contributed by atoms with Gasteiger partial charge in [0.2, 0.25) is 5.91 Å². The van der Waals surface area contributed by atoms with Crippen molar-refractivity contribution in [3.05, 3.63) is 84.4 Å². The van der Waals surface area contributed by atoms with Crippen molar-refractivity contribution in [3.8, 4) is 22.8 Å². The van der Waals surface area contributed by atoms with E-state index in [0.717, 1.165) is 23.5 Å². The SMILES string of the molecule is CCc1ccc(-n2c(SCC(=O)Nc3ccccc3OC)nnc2-c2ccccc2)cc1. The Labute approximate surface area is 191 Å². The minimum atomic E-state index is -0.142. The van der Waals surface area contributed by atoms with Gasteiger partial charge in [-0.1, -0.05) is 73.3 Å². The van der Waals surface area contributed by atoms with Crippen LogP contribution in [0.1, 0.15) is 12.5 Å². The number of methoxy groups -OCH3 is 1. The van der Waals surface area contributed by atoms with Crippen LogP contribution in [0.3, 0.4) is 0 Å². The zero-order valence-electron chi connectivity index (χ0n) is 18.0. The van der Waals surface area contributed by atoms with Gasteiger partial charge in [-0.15, -0.1) is 10.2 Å². The number of nitrogens with one attached hydrogen (secondary N) is 1. The molecule has 3 aromatic carbocycles. The second-order valence-electron chi connectivity index (χ2n) is 7.06. The molecule has 1 aromatic heterocycles. The number of thioether (sulfide) groups is 1. The van der Waals surface area contributed by atoms with Crippen LogP contribution >= 0.6 is 11.8 Å². The van der Waals surface area contributed by atoms with Crippen molar-refractivity contribution in [2.24, 2.45) is 0 Å². The summed E-state index contributed by atoms with van der Waals surface area (Å²) in [6.07, 6.45) is 0.971. The molecule has 4 rings (SSSR count). The number of rotatable bonds is 8. The molecule has 1 heterocycles. The molecule has 6 nitrogen and oxygen atoms in total. The Morgan fingerprint density at radius 2 is 1.69 bits per heavy atom. The van der Waals surface area contributed by atoms with Crippen molar-refractivity contribution in [3.63, 3.8) is 0 Å². The van der Waals surface area contributed by atoms with Gasteiger partial charge in [0.05, 0.1) is 18.6 Å². The molecule has 0 aliphatic rings. The highest BCUT2D eigenvalue weighted by Crippen LogP contribution is 2.29. The predicted molar refractivity (Wildman–Crippen MR) is 129 cm³/mol. The summed E-state index contributed by atoms with van der Waals surface area (Å²) in [5, 5.41) is 12.4. The highest BCUT2D eigenvalue weighted by atomic mass is 32.2. The Morgan fingerprint density at radius 1 is 0.969 bits per heavy atom.